The van der Waals surface area contributed by atoms with Gasteiger partial charge < -0.3 is 9.84 Å². The molecule has 0 bridgehead atoms. The van der Waals surface area contributed by atoms with E-state index in [0.717, 1.165) is 12.8 Å². The minimum Gasteiger partial charge on any atom is -0.511 e. The Morgan fingerprint density at radius 2 is 2.29 bits per heavy atom. The number of methoxy groups -OCH3 is 1. The molecule has 1 saturated carbocycles. The molecule has 76 valence electrons. The molecule has 3 heteroatoms. The van der Waals surface area contributed by atoms with Gasteiger partial charge in [-0.05, 0) is 24.8 Å². The summed E-state index contributed by atoms with van der Waals surface area (Å²) in [6, 6.07) is 0. The molecule has 1 atom stereocenters. The molecule has 0 radical (unpaired) electrons. The normalized spacial score (nSPS) is 28.0. The summed E-state index contributed by atoms with van der Waals surface area (Å²) in [5.74, 6) is 0.0900. The van der Waals surface area contributed by atoms with Gasteiger partial charge in [-0.25, -0.2) is 4.79 Å². The number of aliphatic hydroxyl groups is 1. The van der Waals surface area contributed by atoms with Crippen LogP contribution in [0, 0.1) is 11.3 Å². The third kappa shape index (κ3) is 1.08. The average molecular weight is 194 g/mol. The van der Waals surface area contributed by atoms with Crippen molar-refractivity contribution in [2.75, 3.05) is 7.11 Å². The number of carbonyl (C=O) groups excluding carboxylic acids is 1. The van der Waals surface area contributed by atoms with Crippen molar-refractivity contribution in [3.63, 3.8) is 0 Å². The topological polar surface area (TPSA) is 46.5 Å². The van der Waals surface area contributed by atoms with Crippen LogP contribution in [-0.4, -0.2) is 18.2 Å². The molecular formula is C11H14O3. The zero-order valence-corrected chi connectivity index (χ0v) is 8.41. The van der Waals surface area contributed by atoms with Gasteiger partial charge in [0, 0.05) is 5.41 Å². The van der Waals surface area contributed by atoms with Crippen LogP contribution in [0.3, 0.4) is 0 Å². The first kappa shape index (κ1) is 9.31. The van der Waals surface area contributed by atoms with Crippen molar-refractivity contribution in [3.05, 3.63) is 23.5 Å². The minimum atomic E-state index is -0.447. The maximum atomic E-state index is 11.3. The highest BCUT2D eigenvalue weighted by molar-refractivity contribution is 5.92. The van der Waals surface area contributed by atoms with E-state index in [4.69, 9.17) is 0 Å². The van der Waals surface area contributed by atoms with Crippen molar-refractivity contribution in [3.8, 4) is 0 Å². The fraction of sp³-hybridized carbons (Fsp3) is 0.545. The summed E-state index contributed by atoms with van der Waals surface area (Å²) in [4.78, 5) is 11.3. The van der Waals surface area contributed by atoms with Crippen molar-refractivity contribution < 1.29 is 14.6 Å². The molecule has 0 aromatic heterocycles. The molecule has 1 N–H and O–H groups in total. The fourth-order valence-electron chi connectivity index (χ4n) is 2.09. The van der Waals surface area contributed by atoms with E-state index in [1.54, 1.807) is 6.08 Å². The predicted octanol–water partition coefficient (Wildman–Crippen LogP) is 1.96. The van der Waals surface area contributed by atoms with Gasteiger partial charge in [0.2, 0.25) is 0 Å². The number of rotatable bonds is 1. The van der Waals surface area contributed by atoms with Gasteiger partial charge in [-0.1, -0.05) is 13.0 Å². The Bertz CT molecular complexity index is 334. The third-order valence-electron chi connectivity index (χ3n) is 3.34. The summed E-state index contributed by atoms with van der Waals surface area (Å²) in [6.45, 7) is 2.06. The average Bonchev–Trinajstić information content (AvgIpc) is 2.96. The van der Waals surface area contributed by atoms with Crippen LogP contribution in [0.4, 0.5) is 0 Å². The quantitative estimate of drug-likeness (QED) is 0.649. The molecular weight excluding hydrogens is 180 g/mol. The molecule has 2 aliphatic rings. The van der Waals surface area contributed by atoms with E-state index in [1.807, 2.05) is 6.08 Å². The van der Waals surface area contributed by atoms with Crippen LogP contribution < -0.4 is 0 Å². The number of esters is 1. The first-order valence-corrected chi connectivity index (χ1v) is 4.82. The highest BCUT2D eigenvalue weighted by Gasteiger charge is 2.53. The van der Waals surface area contributed by atoms with Gasteiger partial charge in [-0.15, -0.1) is 0 Å². The lowest BCUT2D eigenvalue weighted by Gasteiger charge is -2.25. The molecule has 14 heavy (non-hydrogen) atoms. The SMILES string of the molecule is COC(=O)C1=C(O)C2(CC2)[C@H](C)C=C1. The molecule has 3 nitrogen and oxygen atoms in total. The van der Waals surface area contributed by atoms with Crippen molar-refractivity contribution in [1.29, 1.82) is 0 Å². The lowest BCUT2D eigenvalue weighted by molar-refractivity contribution is -0.136. The maximum absolute atomic E-state index is 11.3. The smallest absolute Gasteiger partial charge is 0.341 e. The highest BCUT2D eigenvalue weighted by Crippen LogP contribution is 2.59. The van der Waals surface area contributed by atoms with Crippen molar-refractivity contribution in [2.24, 2.45) is 11.3 Å². The first-order valence-electron chi connectivity index (χ1n) is 4.82. The molecule has 0 heterocycles. The van der Waals surface area contributed by atoms with E-state index in [-0.39, 0.29) is 11.2 Å². The second-order valence-electron chi connectivity index (χ2n) is 4.06. The van der Waals surface area contributed by atoms with Crippen LogP contribution in [0.2, 0.25) is 0 Å². The van der Waals surface area contributed by atoms with Gasteiger partial charge in [0.15, 0.2) is 0 Å². The summed E-state index contributed by atoms with van der Waals surface area (Å²) in [5.41, 5.74) is 0.168. The first-order chi connectivity index (χ1) is 6.62. The Kier molecular flexibility index (Phi) is 1.91. The third-order valence-corrected chi connectivity index (χ3v) is 3.34. The molecule has 0 saturated heterocycles. The van der Waals surface area contributed by atoms with Gasteiger partial charge in [0.1, 0.15) is 5.76 Å². The van der Waals surface area contributed by atoms with E-state index in [1.165, 1.54) is 7.11 Å². The second kappa shape index (κ2) is 2.87. The number of aliphatic hydroxyl groups excluding tert-OH is 1. The van der Waals surface area contributed by atoms with Gasteiger partial charge in [0.25, 0.3) is 0 Å². The van der Waals surface area contributed by atoms with Crippen LogP contribution in [0.15, 0.2) is 23.5 Å². The van der Waals surface area contributed by atoms with E-state index < -0.39 is 5.97 Å². The van der Waals surface area contributed by atoms with E-state index in [9.17, 15) is 9.90 Å². The van der Waals surface area contributed by atoms with Crippen LogP contribution in [-0.2, 0) is 9.53 Å². The second-order valence-corrected chi connectivity index (χ2v) is 4.06. The molecule has 1 fully saturated rings. The Labute approximate surface area is 83.1 Å². The van der Waals surface area contributed by atoms with E-state index in [2.05, 4.69) is 11.7 Å². The predicted molar refractivity (Wildman–Crippen MR) is 51.6 cm³/mol. The standard InChI is InChI=1S/C11H14O3/c1-7-3-4-8(10(13)14-2)9(12)11(7)5-6-11/h3-4,7,12H,5-6H2,1-2H3/t7-/m1/s1. The number of hydrogen-bond acceptors (Lipinski definition) is 3. The van der Waals surface area contributed by atoms with Gasteiger partial charge in [-0.2, -0.15) is 0 Å². The van der Waals surface area contributed by atoms with Crippen molar-refractivity contribution >= 4 is 5.97 Å². The van der Waals surface area contributed by atoms with Crippen molar-refractivity contribution in [2.45, 2.75) is 19.8 Å². The summed E-state index contributed by atoms with van der Waals surface area (Å²) in [5, 5.41) is 9.96. The lowest BCUT2D eigenvalue weighted by Crippen LogP contribution is -2.22. The molecule has 0 amide bonds. The number of allylic oxidation sites excluding steroid dienone is 2. The van der Waals surface area contributed by atoms with Crippen LogP contribution >= 0.6 is 0 Å². The molecule has 0 unspecified atom stereocenters. The molecule has 2 rings (SSSR count). The van der Waals surface area contributed by atoms with E-state index >= 15 is 0 Å². The molecule has 0 aromatic rings. The number of hydrogen-bond donors (Lipinski definition) is 1. The largest absolute Gasteiger partial charge is 0.511 e. The Hall–Kier alpha value is -1.25. The van der Waals surface area contributed by atoms with Crippen LogP contribution in [0.25, 0.3) is 0 Å². The Morgan fingerprint density at radius 3 is 2.79 bits per heavy atom. The monoisotopic (exact) mass is 194 g/mol. The fourth-order valence-corrected chi connectivity index (χ4v) is 2.09. The van der Waals surface area contributed by atoms with Gasteiger partial charge in [-0.3, -0.25) is 0 Å². The molecule has 1 spiro atoms. The summed E-state index contributed by atoms with van der Waals surface area (Å²) >= 11 is 0. The Morgan fingerprint density at radius 1 is 1.64 bits per heavy atom. The number of carbonyl (C=O) groups is 1. The zero-order chi connectivity index (χ0) is 10.3. The number of ether oxygens (including phenoxy) is 1. The summed E-state index contributed by atoms with van der Waals surface area (Å²) in [7, 11) is 1.33. The highest BCUT2D eigenvalue weighted by atomic mass is 16.5. The zero-order valence-electron chi connectivity index (χ0n) is 8.41. The summed E-state index contributed by atoms with van der Waals surface area (Å²) in [6.07, 6.45) is 5.56. The van der Waals surface area contributed by atoms with E-state index in [0.29, 0.717) is 11.5 Å². The lowest BCUT2D eigenvalue weighted by atomic mass is 9.82. The minimum absolute atomic E-state index is 0.154. The molecule has 0 aromatic carbocycles. The van der Waals surface area contributed by atoms with Crippen LogP contribution in [0.1, 0.15) is 19.8 Å². The molecule has 0 aliphatic heterocycles. The maximum Gasteiger partial charge on any atom is 0.341 e. The summed E-state index contributed by atoms with van der Waals surface area (Å²) < 4.78 is 4.61. The van der Waals surface area contributed by atoms with Gasteiger partial charge >= 0.3 is 5.97 Å². The van der Waals surface area contributed by atoms with Gasteiger partial charge in [0.05, 0.1) is 12.7 Å². The van der Waals surface area contributed by atoms with Crippen LogP contribution in [0.5, 0.6) is 0 Å². The van der Waals surface area contributed by atoms with Crippen molar-refractivity contribution in [1.82, 2.24) is 0 Å². The molecule has 2 aliphatic carbocycles. The Balaban J connectivity index is 2.38.